The van der Waals surface area contributed by atoms with Crippen molar-refractivity contribution in [1.82, 2.24) is 4.72 Å². The lowest BCUT2D eigenvalue weighted by Gasteiger charge is -2.37. The molecule has 146 valence electrons. The Morgan fingerprint density at radius 2 is 1.85 bits per heavy atom. The van der Waals surface area contributed by atoms with E-state index < -0.39 is 10.0 Å². The van der Waals surface area contributed by atoms with Crippen LogP contribution in [-0.2, 0) is 16.4 Å². The number of benzene rings is 2. The molecule has 0 saturated heterocycles. The molecule has 0 spiro atoms. The van der Waals surface area contributed by atoms with Gasteiger partial charge in [-0.1, -0.05) is 18.2 Å². The Kier molecular flexibility index (Phi) is 5.92. The third kappa shape index (κ3) is 4.20. The fourth-order valence-electron chi connectivity index (χ4n) is 3.47. The van der Waals surface area contributed by atoms with E-state index in [1.54, 1.807) is 6.07 Å². The number of nitrogens with zero attached hydrogens (tertiary/aromatic N) is 1. The molecule has 1 aliphatic rings. The Balaban J connectivity index is 1.70. The quantitative estimate of drug-likeness (QED) is 0.787. The first kappa shape index (κ1) is 19.5. The van der Waals surface area contributed by atoms with Crippen molar-refractivity contribution in [3.05, 3.63) is 48.0 Å². The van der Waals surface area contributed by atoms with E-state index in [-0.39, 0.29) is 4.90 Å². The summed E-state index contributed by atoms with van der Waals surface area (Å²) >= 11 is 0. The van der Waals surface area contributed by atoms with Gasteiger partial charge in [0.1, 0.15) is 0 Å². The van der Waals surface area contributed by atoms with Gasteiger partial charge in [-0.25, -0.2) is 13.1 Å². The second-order valence-electron chi connectivity index (χ2n) is 6.62. The van der Waals surface area contributed by atoms with E-state index in [1.807, 2.05) is 12.1 Å². The minimum Gasteiger partial charge on any atom is -0.493 e. The molecule has 1 aliphatic heterocycles. The Hall–Kier alpha value is -2.25. The molecule has 0 aromatic heterocycles. The van der Waals surface area contributed by atoms with Crippen molar-refractivity contribution in [2.75, 3.05) is 32.2 Å². The van der Waals surface area contributed by atoms with Gasteiger partial charge in [0.05, 0.1) is 19.1 Å². The van der Waals surface area contributed by atoms with Crippen molar-refractivity contribution in [1.29, 1.82) is 0 Å². The lowest BCUT2D eigenvalue weighted by molar-refractivity contribution is 0.354. The Labute approximate surface area is 161 Å². The zero-order valence-corrected chi connectivity index (χ0v) is 16.8. The zero-order chi connectivity index (χ0) is 19.4. The minimum absolute atomic E-state index is 0.159. The summed E-state index contributed by atoms with van der Waals surface area (Å²) in [5, 5.41) is 0. The molecule has 2 aromatic rings. The number of nitrogens with one attached hydrogen (secondary N) is 1. The van der Waals surface area contributed by atoms with Crippen LogP contribution in [0, 0.1) is 0 Å². The van der Waals surface area contributed by atoms with Gasteiger partial charge in [0, 0.05) is 30.9 Å². The number of para-hydroxylation sites is 1. The largest absolute Gasteiger partial charge is 0.493 e. The van der Waals surface area contributed by atoms with Crippen molar-refractivity contribution < 1.29 is 17.9 Å². The van der Waals surface area contributed by atoms with Crippen LogP contribution in [0.1, 0.15) is 18.9 Å². The topological polar surface area (TPSA) is 67.9 Å². The highest BCUT2D eigenvalue weighted by Gasteiger charge is 2.23. The summed E-state index contributed by atoms with van der Waals surface area (Å²) in [5.74, 6) is 0.883. The monoisotopic (exact) mass is 390 g/mol. The molecule has 0 bridgehead atoms. The van der Waals surface area contributed by atoms with Gasteiger partial charge >= 0.3 is 0 Å². The third-order valence-electron chi connectivity index (χ3n) is 4.97. The van der Waals surface area contributed by atoms with Gasteiger partial charge in [0.2, 0.25) is 10.0 Å². The molecule has 0 unspecified atom stereocenters. The predicted octanol–water partition coefficient (Wildman–Crippen LogP) is 2.82. The normalized spacial score (nSPS) is 16.7. The molecule has 6 nitrogen and oxygen atoms in total. The van der Waals surface area contributed by atoms with Crippen LogP contribution in [0.5, 0.6) is 11.5 Å². The van der Waals surface area contributed by atoms with E-state index in [4.69, 9.17) is 9.47 Å². The zero-order valence-electron chi connectivity index (χ0n) is 15.9. The van der Waals surface area contributed by atoms with Crippen LogP contribution >= 0.6 is 0 Å². The smallest absolute Gasteiger partial charge is 0.240 e. The fraction of sp³-hybridized carbons (Fsp3) is 0.400. The van der Waals surface area contributed by atoms with E-state index in [0.717, 1.165) is 12.8 Å². The second kappa shape index (κ2) is 8.19. The summed E-state index contributed by atoms with van der Waals surface area (Å²) in [6, 6.07) is 13.3. The van der Waals surface area contributed by atoms with Crippen molar-refractivity contribution >= 4 is 15.7 Å². The molecular formula is C20H26N2O4S. The average molecular weight is 391 g/mol. The molecule has 1 atom stereocenters. The Bertz CT molecular complexity index is 899. The summed E-state index contributed by atoms with van der Waals surface area (Å²) in [6.45, 7) is 3.12. The summed E-state index contributed by atoms with van der Waals surface area (Å²) in [7, 11) is -0.627. The predicted molar refractivity (Wildman–Crippen MR) is 106 cm³/mol. The summed E-state index contributed by atoms with van der Waals surface area (Å²) < 4.78 is 38.3. The Morgan fingerprint density at radius 1 is 1.11 bits per heavy atom. The van der Waals surface area contributed by atoms with E-state index in [0.29, 0.717) is 30.6 Å². The number of methoxy groups -OCH3 is 2. The van der Waals surface area contributed by atoms with Gasteiger partial charge in [-0.05, 0) is 43.5 Å². The molecule has 0 aliphatic carbocycles. The Morgan fingerprint density at radius 3 is 2.59 bits per heavy atom. The number of hydrogen-bond acceptors (Lipinski definition) is 5. The minimum atomic E-state index is -3.63. The molecule has 7 heteroatoms. The number of sulfonamides is 1. The fourth-order valence-corrected chi connectivity index (χ4v) is 4.50. The highest BCUT2D eigenvalue weighted by atomic mass is 32.2. The van der Waals surface area contributed by atoms with Gasteiger partial charge in [-0.15, -0.1) is 0 Å². The van der Waals surface area contributed by atoms with Crippen LogP contribution in [0.4, 0.5) is 5.69 Å². The number of aryl methyl sites for hydroxylation is 1. The molecule has 2 aromatic carbocycles. The van der Waals surface area contributed by atoms with E-state index in [9.17, 15) is 8.42 Å². The van der Waals surface area contributed by atoms with Gasteiger partial charge in [-0.3, -0.25) is 0 Å². The van der Waals surface area contributed by atoms with E-state index in [1.165, 1.54) is 37.6 Å². The lowest BCUT2D eigenvalue weighted by Crippen LogP contribution is -2.42. The summed E-state index contributed by atoms with van der Waals surface area (Å²) in [5.41, 5.74) is 2.51. The first-order valence-corrected chi connectivity index (χ1v) is 10.5. The van der Waals surface area contributed by atoms with Crippen molar-refractivity contribution in [3.8, 4) is 11.5 Å². The number of fused-ring (bicyclic) bond motifs is 1. The maximum absolute atomic E-state index is 12.6. The van der Waals surface area contributed by atoms with Crippen LogP contribution in [0.3, 0.4) is 0 Å². The first-order chi connectivity index (χ1) is 13.0. The van der Waals surface area contributed by atoms with Gasteiger partial charge in [0.15, 0.2) is 11.5 Å². The van der Waals surface area contributed by atoms with Crippen molar-refractivity contribution in [3.63, 3.8) is 0 Å². The maximum atomic E-state index is 12.6. The highest BCUT2D eigenvalue weighted by Crippen LogP contribution is 2.31. The van der Waals surface area contributed by atoms with E-state index in [2.05, 4.69) is 28.7 Å². The van der Waals surface area contributed by atoms with Crippen molar-refractivity contribution in [2.24, 2.45) is 0 Å². The average Bonchev–Trinajstić information content (AvgIpc) is 2.69. The second-order valence-corrected chi connectivity index (χ2v) is 8.39. The number of ether oxygens (including phenoxy) is 2. The molecule has 1 N–H and O–H groups in total. The van der Waals surface area contributed by atoms with Gasteiger partial charge < -0.3 is 14.4 Å². The molecule has 27 heavy (non-hydrogen) atoms. The lowest BCUT2D eigenvalue weighted by atomic mass is 9.97. The maximum Gasteiger partial charge on any atom is 0.240 e. The molecule has 0 saturated carbocycles. The highest BCUT2D eigenvalue weighted by molar-refractivity contribution is 7.89. The van der Waals surface area contributed by atoms with Crippen LogP contribution in [0.15, 0.2) is 47.4 Å². The SMILES string of the molecule is COc1ccc(S(=O)(=O)NCCN2c3ccccc3CC[C@H]2C)cc1OC. The molecule has 0 amide bonds. The van der Waals surface area contributed by atoms with Crippen LogP contribution in [0.2, 0.25) is 0 Å². The first-order valence-electron chi connectivity index (χ1n) is 9.02. The molecule has 0 fully saturated rings. The van der Waals surface area contributed by atoms with Crippen LogP contribution in [0.25, 0.3) is 0 Å². The summed E-state index contributed by atoms with van der Waals surface area (Å²) in [6.07, 6.45) is 2.13. The van der Waals surface area contributed by atoms with Crippen molar-refractivity contribution in [2.45, 2.75) is 30.7 Å². The molecular weight excluding hydrogens is 364 g/mol. The van der Waals surface area contributed by atoms with Crippen LogP contribution in [-0.4, -0.2) is 41.8 Å². The number of hydrogen-bond donors (Lipinski definition) is 1. The molecule has 1 heterocycles. The standard InChI is InChI=1S/C20H26N2O4S/c1-15-8-9-16-6-4-5-7-18(16)22(15)13-12-21-27(23,24)17-10-11-19(25-2)20(14-17)26-3/h4-7,10-11,14-15,21H,8-9,12-13H2,1-3H3/t15-/m1/s1. The number of anilines is 1. The van der Waals surface area contributed by atoms with Gasteiger partial charge in [0.25, 0.3) is 0 Å². The summed E-state index contributed by atoms with van der Waals surface area (Å²) in [4.78, 5) is 2.43. The number of rotatable bonds is 7. The van der Waals surface area contributed by atoms with Gasteiger partial charge in [-0.2, -0.15) is 0 Å². The molecule has 3 rings (SSSR count). The third-order valence-corrected chi connectivity index (χ3v) is 6.43. The molecule has 0 radical (unpaired) electrons. The van der Waals surface area contributed by atoms with Crippen LogP contribution < -0.4 is 19.1 Å². The van der Waals surface area contributed by atoms with E-state index >= 15 is 0 Å².